The van der Waals surface area contributed by atoms with Crippen molar-refractivity contribution in [2.45, 2.75) is 78.1 Å². The van der Waals surface area contributed by atoms with E-state index in [9.17, 15) is 47.6 Å². The second-order valence-corrected chi connectivity index (χ2v) is 15.9. The van der Waals surface area contributed by atoms with Crippen LogP contribution in [0.4, 0.5) is 15.8 Å². The average Bonchev–Trinajstić information content (AvgIpc) is 3.13. The minimum absolute atomic E-state index is 0.0111. The summed E-state index contributed by atoms with van der Waals surface area (Å²) in [6.45, 7) is 8.25. The molecule has 1 heterocycles. The molecule has 58 heavy (non-hydrogen) atoms. The van der Waals surface area contributed by atoms with Crippen LogP contribution in [0.5, 0.6) is 0 Å². The fourth-order valence-electron chi connectivity index (χ4n) is 5.61. The normalized spacial score (nSPS) is 11.9. The van der Waals surface area contributed by atoms with Gasteiger partial charge in [-0.3, -0.25) is 33.9 Å². The van der Waals surface area contributed by atoms with E-state index >= 15 is 4.39 Å². The minimum Gasteiger partial charge on any atom is -0.480 e. The minimum atomic E-state index is -4.47. The largest absolute Gasteiger partial charge is 0.480 e. The number of fused-ring (bicyclic) bond motifs is 1. The van der Waals surface area contributed by atoms with Crippen LogP contribution >= 0.6 is 0 Å². The summed E-state index contributed by atoms with van der Waals surface area (Å²) >= 11 is 0. The molecule has 17 nitrogen and oxygen atoms in total. The highest BCUT2D eigenvalue weighted by Gasteiger charge is 2.26. The van der Waals surface area contributed by atoms with Crippen molar-refractivity contribution in [2.75, 3.05) is 11.4 Å². The third kappa shape index (κ3) is 10.8. The van der Waals surface area contributed by atoms with Gasteiger partial charge in [0.05, 0.1) is 38.2 Å². The van der Waals surface area contributed by atoms with Gasteiger partial charge in [0.15, 0.2) is 6.73 Å². The zero-order valence-electron chi connectivity index (χ0n) is 32.2. The third-order valence-corrected chi connectivity index (χ3v) is 10.2. The lowest BCUT2D eigenvalue weighted by atomic mass is 9.98. The zero-order valence-corrected chi connectivity index (χ0v) is 33.0. The summed E-state index contributed by atoms with van der Waals surface area (Å²) in [5.41, 5.74) is -0.155. The molecule has 1 unspecified atom stereocenters. The first-order chi connectivity index (χ1) is 27.1. The molecule has 1 aromatic heterocycles. The van der Waals surface area contributed by atoms with Crippen molar-refractivity contribution in [1.82, 2.24) is 19.6 Å². The topological polar surface area (TPSA) is 237 Å². The maximum Gasteiger partial charge on any atom is 0.326 e. The maximum atomic E-state index is 15.5. The molecule has 0 saturated carbocycles. The van der Waals surface area contributed by atoms with E-state index in [0.29, 0.717) is 16.9 Å². The first-order valence-electron chi connectivity index (χ1n) is 17.6. The molecule has 0 aliphatic rings. The van der Waals surface area contributed by atoms with Crippen LogP contribution in [0.2, 0.25) is 0 Å². The lowest BCUT2D eigenvalue weighted by molar-refractivity contribution is -0.385. The number of aryl methyl sites for hydroxylation is 2. The number of amides is 2. The van der Waals surface area contributed by atoms with Crippen molar-refractivity contribution in [2.24, 2.45) is 5.41 Å². The lowest BCUT2D eigenvalue weighted by Crippen LogP contribution is -2.41. The Labute approximate surface area is 332 Å². The number of carboxylic acid groups (broad SMARTS) is 1. The number of hydrogen-bond donors (Lipinski definition) is 3. The fraction of sp³-hybridized carbons (Fsp3) is 0.333. The second kappa shape index (κ2) is 18.1. The summed E-state index contributed by atoms with van der Waals surface area (Å²) in [6.07, 6.45) is 4.60. The molecule has 2 amide bonds. The van der Waals surface area contributed by atoms with Crippen LogP contribution in [0.25, 0.3) is 10.9 Å². The van der Waals surface area contributed by atoms with Crippen molar-refractivity contribution in [3.63, 3.8) is 0 Å². The summed E-state index contributed by atoms with van der Waals surface area (Å²) in [5, 5.41) is 23.1. The van der Waals surface area contributed by atoms with Gasteiger partial charge in [-0.1, -0.05) is 12.0 Å². The quantitative estimate of drug-likeness (QED) is 0.0626. The standard InChI is InChI=1S/C39H41FN6O11S/c1-7-16-44(21-25-18-30-33(17-23(25)2)41-24(3)45(36(30)49)22-57-38(52)39(4,5)6)26-14-15-29(31(40)20-26)35(48)42-32(37(50)51)12-9-13-34(47)43-58(55,56)28-11-8-10-27(19-28)46(53)54/h1,8,10-11,14-15,17-20,32H,9,12-13,16,21-22H2,2-6H3,(H,42,48)(H,43,47)(H,50,51). The van der Waals surface area contributed by atoms with Crippen LogP contribution < -0.4 is 20.5 Å². The van der Waals surface area contributed by atoms with Crippen molar-refractivity contribution in [3.05, 3.63) is 103 Å². The maximum absolute atomic E-state index is 15.5. The van der Waals surface area contributed by atoms with E-state index in [4.69, 9.17) is 11.2 Å². The number of terminal acetylenes is 1. The van der Waals surface area contributed by atoms with Gasteiger partial charge >= 0.3 is 11.9 Å². The number of nitro groups is 1. The smallest absolute Gasteiger partial charge is 0.326 e. The summed E-state index contributed by atoms with van der Waals surface area (Å²) in [4.78, 5) is 79.1. The molecule has 0 aliphatic heterocycles. The van der Waals surface area contributed by atoms with E-state index in [1.54, 1.807) is 56.4 Å². The Hall–Kier alpha value is -6.68. The van der Waals surface area contributed by atoms with Crippen LogP contribution in [-0.2, 0) is 42.4 Å². The highest BCUT2D eigenvalue weighted by atomic mass is 32.2. The molecule has 306 valence electrons. The number of anilines is 1. The second-order valence-electron chi connectivity index (χ2n) is 14.3. The van der Waals surface area contributed by atoms with Gasteiger partial charge in [-0.25, -0.2) is 27.3 Å². The molecule has 19 heteroatoms. The molecule has 4 aromatic rings. The zero-order chi connectivity index (χ0) is 43.1. The van der Waals surface area contributed by atoms with Crippen molar-refractivity contribution >= 4 is 56.1 Å². The van der Waals surface area contributed by atoms with E-state index in [1.165, 1.54) is 10.6 Å². The predicted molar refractivity (Wildman–Crippen MR) is 208 cm³/mol. The van der Waals surface area contributed by atoms with Crippen molar-refractivity contribution in [1.29, 1.82) is 0 Å². The van der Waals surface area contributed by atoms with Gasteiger partial charge in [0, 0.05) is 30.8 Å². The number of hydrogen-bond acceptors (Lipinski definition) is 12. The molecule has 1 atom stereocenters. The molecule has 3 aromatic carbocycles. The number of aliphatic carboxylic acids is 1. The van der Waals surface area contributed by atoms with Crippen LogP contribution in [-0.4, -0.2) is 64.3 Å². The number of nitrogens with zero attached hydrogens (tertiary/aromatic N) is 4. The molecule has 4 rings (SSSR count). The van der Waals surface area contributed by atoms with Gasteiger partial charge < -0.3 is 20.1 Å². The highest BCUT2D eigenvalue weighted by molar-refractivity contribution is 7.90. The van der Waals surface area contributed by atoms with Crippen molar-refractivity contribution < 1.29 is 46.8 Å². The first kappa shape index (κ1) is 44.0. The van der Waals surface area contributed by atoms with Gasteiger partial charge in [0.1, 0.15) is 17.7 Å². The number of carboxylic acids is 1. The number of esters is 1. The molecule has 0 aliphatic carbocycles. The predicted octanol–water partition coefficient (Wildman–Crippen LogP) is 4.11. The number of nitrogens with one attached hydrogen (secondary N) is 2. The molecular weight excluding hydrogens is 780 g/mol. The van der Waals surface area contributed by atoms with Crippen LogP contribution in [0.15, 0.2) is 64.3 Å². The van der Waals surface area contributed by atoms with E-state index in [0.717, 1.165) is 42.0 Å². The van der Waals surface area contributed by atoms with Crippen LogP contribution in [0, 0.1) is 47.5 Å². The summed E-state index contributed by atoms with van der Waals surface area (Å²) in [6, 6.07) is 9.40. The number of nitro benzene ring substituents is 1. The number of carbonyl (C=O) groups is 4. The molecule has 0 bridgehead atoms. The molecule has 3 N–H and O–H groups in total. The molecule has 0 saturated heterocycles. The summed E-state index contributed by atoms with van der Waals surface area (Å²) in [7, 11) is -4.47. The summed E-state index contributed by atoms with van der Waals surface area (Å²) < 4.78 is 48.9. The Kier molecular flexibility index (Phi) is 13.7. The van der Waals surface area contributed by atoms with E-state index in [2.05, 4.69) is 16.2 Å². The number of rotatable bonds is 16. The Balaban J connectivity index is 1.45. The number of non-ortho nitro benzene ring substituents is 1. The SMILES string of the molecule is C#CCN(Cc1cc2c(=O)n(COC(=O)C(C)(C)C)c(C)nc2cc1C)c1ccc(C(=O)NC(CCCC(=O)NS(=O)(=O)c2cccc([N+](=O)[O-])c2)C(=O)O)c(F)c1. The van der Waals surface area contributed by atoms with E-state index in [-0.39, 0.29) is 43.7 Å². The molecule has 0 radical (unpaired) electrons. The van der Waals surface area contributed by atoms with E-state index < -0.39 is 84.1 Å². The Morgan fingerprint density at radius 3 is 2.45 bits per heavy atom. The number of aromatic nitrogens is 2. The van der Waals surface area contributed by atoms with Gasteiger partial charge in [-0.2, -0.15) is 0 Å². The van der Waals surface area contributed by atoms with Crippen molar-refractivity contribution in [3.8, 4) is 12.3 Å². The van der Waals surface area contributed by atoms with Crippen LogP contribution in [0.3, 0.4) is 0 Å². The van der Waals surface area contributed by atoms with Crippen LogP contribution in [0.1, 0.15) is 67.3 Å². The molecule has 0 spiro atoms. The Morgan fingerprint density at radius 2 is 1.83 bits per heavy atom. The average molecular weight is 821 g/mol. The highest BCUT2D eigenvalue weighted by Crippen LogP contribution is 2.25. The third-order valence-electron chi connectivity index (χ3n) is 8.83. The van der Waals surface area contributed by atoms with Gasteiger partial charge in [-0.05, 0) is 95.0 Å². The Morgan fingerprint density at radius 1 is 1.12 bits per heavy atom. The first-order valence-corrected chi connectivity index (χ1v) is 19.1. The molecule has 0 fully saturated rings. The number of halogens is 1. The van der Waals surface area contributed by atoms with Gasteiger partial charge in [0.2, 0.25) is 5.91 Å². The fourth-order valence-corrected chi connectivity index (χ4v) is 6.67. The summed E-state index contributed by atoms with van der Waals surface area (Å²) in [5.74, 6) is -2.25. The number of carbonyl (C=O) groups excluding carboxylic acids is 3. The van der Waals surface area contributed by atoms with Gasteiger partial charge in [-0.15, -0.1) is 6.42 Å². The Bertz CT molecular complexity index is 2510. The van der Waals surface area contributed by atoms with Gasteiger partial charge in [0.25, 0.3) is 27.2 Å². The number of ether oxygens (including phenoxy) is 1. The lowest BCUT2D eigenvalue weighted by Gasteiger charge is -2.24. The molecular formula is C39H41FN6O11S. The number of benzene rings is 3. The monoisotopic (exact) mass is 820 g/mol. The van der Waals surface area contributed by atoms with E-state index in [1.807, 2.05) is 0 Å². The number of sulfonamides is 1.